The minimum atomic E-state index is 0.0914. The predicted octanol–water partition coefficient (Wildman–Crippen LogP) is 4.44. The van der Waals surface area contributed by atoms with E-state index in [1.807, 2.05) is 12.1 Å². The number of hydrogen-bond acceptors (Lipinski definition) is 4. The molecule has 0 aromatic heterocycles. The van der Waals surface area contributed by atoms with E-state index in [-0.39, 0.29) is 5.75 Å². The Labute approximate surface area is 136 Å². The second-order valence-electron chi connectivity index (χ2n) is 4.33. The highest BCUT2D eigenvalue weighted by molar-refractivity contribution is 9.10. The van der Waals surface area contributed by atoms with E-state index in [4.69, 9.17) is 21.1 Å². The summed E-state index contributed by atoms with van der Waals surface area (Å²) in [4.78, 5) is 0. The van der Waals surface area contributed by atoms with Gasteiger partial charge in [0.2, 0.25) is 0 Å². The van der Waals surface area contributed by atoms with E-state index in [1.54, 1.807) is 25.3 Å². The van der Waals surface area contributed by atoms with E-state index in [9.17, 15) is 5.11 Å². The van der Waals surface area contributed by atoms with Crippen LogP contribution < -0.4 is 14.8 Å². The molecule has 0 amide bonds. The zero-order valence-electron chi connectivity index (χ0n) is 11.6. The number of aromatic hydroxyl groups is 1. The molecule has 0 radical (unpaired) electrons. The Bertz CT molecular complexity index is 649. The summed E-state index contributed by atoms with van der Waals surface area (Å²) in [5.74, 6) is 1.15. The molecule has 0 unspecified atom stereocenters. The van der Waals surface area contributed by atoms with Crippen molar-refractivity contribution in [3.8, 4) is 17.2 Å². The Morgan fingerprint density at radius 3 is 2.48 bits per heavy atom. The molecule has 4 nitrogen and oxygen atoms in total. The van der Waals surface area contributed by atoms with Crippen LogP contribution in [-0.4, -0.2) is 19.3 Å². The number of anilines is 1. The van der Waals surface area contributed by atoms with E-state index in [0.717, 1.165) is 11.3 Å². The van der Waals surface area contributed by atoms with E-state index < -0.39 is 0 Å². The number of hydrogen-bond donors (Lipinski definition) is 2. The van der Waals surface area contributed by atoms with Gasteiger partial charge in [0.1, 0.15) is 5.75 Å². The molecule has 2 N–H and O–H groups in total. The van der Waals surface area contributed by atoms with E-state index in [0.29, 0.717) is 27.5 Å². The Hall–Kier alpha value is -1.59. The summed E-state index contributed by atoms with van der Waals surface area (Å²) in [6.07, 6.45) is 0. The minimum Gasteiger partial charge on any atom is -0.503 e. The fourth-order valence-corrected chi connectivity index (χ4v) is 2.61. The average Bonchev–Trinajstić information content (AvgIpc) is 2.48. The molecule has 2 aromatic carbocycles. The first kappa shape index (κ1) is 15.8. The lowest BCUT2D eigenvalue weighted by molar-refractivity contribution is 0.371. The van der Waals surface area contributed by atoms with Crippen LogP contribution >= 0.6 is 27.5 Å². The van der Waals surface area contributed by atoms with Crippen molar-refractivity contribution < 1.29 is 14.6 Å². The third kappa shape index (κ3) is 3.74. The first-order chi connectivity index (χ1) is 10.0. The predicted molar refractivity (Wildman–Crippen MR) is 87.7 cm³/mol. The third-order valence-electron chi connectivity index (χ3n) is 2.96. The molecule has 0 spiro atoms. The maximum absolute atomic E-state index is 9.78. The first-order valence-corrected chi connectivity index (χ1v) is 7.35. The molecule has 0 saturated carbocycles. The number of ether oxygens (including phenoxy) is 2. The van der Waals surface area contributed by atoms with Crippen LogP contribution in [0.3, 0.4) is 0 Å². The highest BCUT2D eigenvalue weighted by Crippen LogP contribution is 2.35. The second kappa shape index (κ2) is 6.91. The summed E-state index contributed by atoms with van der Waals surface area (Å²) >= 11 is 9.38. The van der Waals surface area contributed by atoms with Crippen molar-refractivity contribution in [1.82, 2.24) is 0 Å². The van der Waals surface area contributed by atoms with Crippen LogP contribution in [0.5, 0.6) is 17.2 Å². The molecule has 0 aliphatic carbocycles. The molecular formula is C15H15BrClNO3. The van der Waals surface area contributed by atoms with E-state index >= 15 is 0 Å². The number of nitrogens with one attached hydrogen (secondary N) is 1. The van der Waals surface area contributed by atoms with E-state index in [2.05, 4.69) is 21.2 Å². The minimum absolute atomic E-state index is 0.0914. The van der Waals surface area contributed by atoms with Gasteiger partial charge in [-0.3, -0.25) is 0 Å². The number of benzene rings is 2. The highest BCUT2D eigenvalue weighted by atomic mass is 79.9. The lowest BCUT2D eigenvalue weighted by atomic mass is 10.2. The maximum atomic E-state index is 9.78. The summed E-state index contributed by atoms with van der Waals surface area (Å²) < 4.78 is 10.8. The van der Waals surface area contributed by atoms with Crippen molar-refractivity contribution >= 4 is 33.2 Å². The van der Waals surface area contributed by atoms with Gasteiger partial charge in [0.25, 0.3) is 0 Å². The Morgan fingerprint density at radius 1 is 1.14 bits per heavy atom. The standard InChI is InChI=1S/C15H15BrClNO3/c1-20-13-4-3-10(7-12(13)17)18-8-9-5-11(16)15(19)14(6-9)21-2/h3-7,18-19H,8H2,1-2H3. The largest absolute Gasteiger partial charge is 0.503 e. The van der Waals surface area contributed by atoms with E-state index in [1.165, 1.54) is 7.11 Å². The number of phenols is 1. The van der Waals surface area contributed by atoms with Crippen molar-refractivity contribution in [1.29, 1.82) is 0 Å². The van der Waals surface area contributed by atoms with Crippen LogP contribution in [0.1, 0.15) is 5.56 Å². The summed E-state index contributed by atoms with van der Waals surface area (Å²) in [5, 5.41) is 13.6. The van der Waals surface area contributed by atoms with Gasteiger partial charge in [0.15, 0.2) is 11.5 Å². The van der Waals surface area contributed by atoms with Crippen molar-refractivity contribution in [2.75, 3.05) is 19.5 Å². The summed E-state index contributed by atoms with van der Waals surface area (Å²) in [5.41, 5.74) is 1.84. The van der Waals surface area contributed by atoms with Gasteiger partial charge in [-0.15, -0.1) is 0 Å². The number of phenolic OH excluding ortho intramolecular Hbond substituents is 1. The molecule has 0 saturated heterocycles. The molecule has 0 heterocycles. The quantitative estimate of drug-likeness (QED) is 0.815. The molecule has 0 aliphatic rings. The normalized spacial score (nSPS) is 10.3. The molecule has 2 rings (SSSR count). The van der Waals surface area contributed by atoms with Gasteiger partial charge in [-0.25, -0.2) is 0 Å². The Morgan fingerprint density at radius 2 is 1.86 bits per heavy atom. The van der Waals surface area contributed by atoms with Gasteiger partial charge in [-0.2, -0.15) is 0 Å². The third-order valence-corrected chi connectivity index (χ3v) is 3.86. The summed E-state index contributed by atoms with van der Waals surface area (Å²) in [6, 6.07) is 9.09. The molecule has 21 heavy (non-hydrogen) atoms. The summed E-state index contributed by atoms with van der Waals surface area (Å²) in [6.45, 7) is 0.567. The molecule has 0 aliphatic heterocycles. The molecular weight excluding hydrogens is 358 g/mol. The average molecular weight is 373 g/mol. The first-order valence-electron chi connectivity index (χ1n) is 6.18. The Balaban J connectivity index is 2.13. The lowest BCUT2D eigenvalue weighted by Crippen LogP contribution is -2.00. The van der Waals surface area contributed by atoms with Crippen LogP contribution in [0.15, 0.2) is 34.8 Å². The van der Waals surface area contributed by atoms with Gasteiger partial charge in [-0.05, 0) is 51.8 Å². The van der Waals surface area contributed by atoms with Gasteiger partial charge < -0.3 is 19.9 Å². The van der Waals surface area contributed by atoms with Gasteiger partial charge >= 0.3 is 0 Å². The Kier molecular flexibility index (Phi) is 5.20. The SMILES string of the molecule is COc1ccc(NCc2cc(Br)c(O)c(OC)c2)cc1Cl. The monoisotopic (exact) mass is 371 g/mol. The number of halogens is 2. The van der Waals surface area contributed by atoms with Crippen LogP contribution in [0.2, 0.25) is 5.02 Å². The van der Waals surface area contributed by atoms with Crippen LogP contribution in [0.25, 0.3) is 0 Å². The van der Waals surface area contributed by atoms with Crippen molar-refractivity contribution in [3.63, 3.8) is 0 Å². The van der Waals surface area contributed by atoms with Crippen molar-refractivity contribution in [3.05, 3.63) is 45.4 Å². The zero-order valence-corrected chi connectivity index (χ0v) is 14.0. The topological polar surface area (TPSA) is 50.7 Å². The van der Waals surface area contributed by atoms with Crippen LogP contribution in [0, 0.1) is 0 Å². The van der Waals surface area contributed by atoms with Gasteiger partial charge in [-0.1, -0.05) is 11.6 Å². The van der Waals surface area contributed by atoms with Crippen LogP contribution in [0.4, 0.5) is 5.69 Å². The lowest BCUT2D eigenvalue weighted by Gasteiger charge is -2.11. The molecule has 2 aromatic rings. The fraction of sp³-hybridized carbons (Fsp3) is 0.200. The molecule has 0 fully saturated rings. The zero-order chi connectivity index (χ0) is 15.4. The number of rotatable bonds is 5. The van der Waals surface area contributed by atoms with Gasteiger partial charge in [0.05, 0.1) is 23.7 Å². The van der Waals surface area contributed by atoms with Crippen molar-refractivity contribution in [2.24, 2.45) is 0 Å². The molecule has 0 atom stereocenters. The highest BCUT2D eigenvalue weighted by Gasteiger charge is 2.09. The fourth-order valence-electron chi connectivity index (χ4n) is 1.87. The second-order valence-corrected chi connectivity index (χ2v) is 5.59. The number of methoxy groups -OCH3 is 2. The molecule has 6 heteroatoms. The molecule has 0 bridgehead atoms. The molecule has 112 valence electrons. The van der Waals surface area contributed by atoms with Crippen molar-refractivity contribution in [2.45, 2.75) is 6.54 Å². The smallest absolute Gasteiger partial charge is 0.172 e. The summed E-state index contributed by atoms with van der Waals surface area (Å²) in [7, 11) is 3.09. The van der Waals surface area contributed by atoms with Crippen LogP contribution in [-0.2, 0) is 6.54 Å². The van der Waals surface area contributed by atoms with Gasteiger partial charge in [0, 0.05) is 12.2 Å². The maximum Gasteiger partial charge on any atom is 0.172 e.